The van der Waals surface area contributed by atoms with Crippen molar-refractivity contribution in [3.63, 3.8) is 0 Å². The van der Waals surface area contributed by atoms with E-state index in [2.05, 4.69) is 20.4 Å². The van der Waals surface area contributed by atoms with E-state index in [1.807, 2.05) is 48.0 Å². The maximum Gasteiger partial charge on any atom is 0.248 e. The monoisotopic (exact) mass is 412 g/mol. The minimum Gasteiger partial charge on any atom is -0.494 e. The van der Waals surface area contributed by atoms with Gasteiger partial charge in [0.1, 0.15) is 5.75 Å². The Hall–Kier alpha value is -2.71. The molecule has 1 aliphatic rings. The summed E-state index contributed by atoms with van der Waals surface area (Å²) in [4.78, 5) is 14.5. The number of anilines is 1. The van der Waals surface area contributed by atoms with Gasteiger partial charge in [0.15, 0.2) is 0 Å². The van der Waals surface area contributed by atoms with Gasteiger partial charge in [-0.05, 0) is 68.6 Å². The Morgan fingerprint density at radius 2 is 2.03 bits per heavy atom. The molecule has 1 aromatic carbocycles. The first-order valence-electron chi connectivity index (χ1n) is 9.82. The third-order valence-corrected chi connectivity index (χ3v) is 5.65. The van der Waals surface area contributed by atoms with Crippen LogP contribution in [-0.2, 0) is 4.79 Å². The van der Waals surface area contributed by atoms with Crippen LogP contribution in [0.1, 0.15) is 31.6 Å². The third-order valence-electron chi connectivity index (χ3n) is 4.96. The molecule has 3 aromatic rings. The number of rotatable bonds is 7. The van der Waals surface area contributed by atoms with E-state index in [4.69, 9.17) is 9.15 Å². The van der Waals surface area contributed by atoms with Gasteiger partial charge in [-0.3, -0.25) is 9.69 Å². The largest absolute Gasteiger partial charge is 0.494 e. The fraction of sp³-hybridized carbons (Fsp3) is 0.381. The number of nitrogens with one attached hydrogen (secondary N) is 1. The summed E-state index contributed by atoms with van der Waals surface area (Å²) in [6, 6.07) is 9.41. The van der Waals surface area contributed by atoms with Crippen LogP contribution in [0.4, 0.5) is 5.69 Å². The average Bonchev–Trinajstić information content (AvgIpc) is 3.42. The maximum atomic E-state index is 12.4. The van der Waals surface area contributed by atoms with E-state index in [0.29, 0.717) is 24.9 Å². The van der Waals surface area contributed by atoms with Crippen LogP contribution in [0.5, 0.6) is 5.75 Å². The van der Waals surface area contributed by atoms with E-state index in [-0.39, 0.29) is 11.8 Å². The van der Waals surface area contributed by atoms with Gasteiger partial charge >= 0.3 is 0 Å². The van der Waals surface area contributed by atoms with Crippen molar-refractivity contribution in [2.75, 3.05) is 31.6 Å². The van der Waals surface area contributed by atoms with Crippen molar-refractivity contribution in [2.45, 2.75) is 25.7 Å². The quantitative estimate of drug-likeness (QED) is 0.631. The van der Waals surface area contributed by atoms with Crippen molar-refractivity contribution < 1.29 is 13.9 Å². The van der Waals surface area contributed by atoms with Crippen molar-refractivity contribution >= 4 is 22.9 Å². The number of carbonyl (C=O) groups is 1. The molecule has 1 amide bonds. The van der Waals surface area contributed by atoms with Crippen LogP contribution in [0, 0.1) is 0 Å². The highest BCUT2D eigenvalue weighted by Crippen LogP contribution is 2.29. The Morgan fingerprint density at radius 1 is 1.24 bits per heavy atom. The van der Waals surface area contributed by atoms with E-state index >= 15 is 0 Å². The normalized spacial score (nSPS) is 15.3. The number of benzene rings is 1. The van der Waals surface area contributed by atoms with Gasteiger partial charge in [0.2, 0.25) is 17.7 Å². The topological polar surface area (TPSA) is 80.5 Å². The third kappa shape index (κ3) is 5.02. The van der Waals surface area contributed by atoms with Crippen LogP contribution in [0.2, 0.25) is 0 Å². The lowest BCUT2D eigenvalue weighted by Crippen LogP contribution is -2.38. The van der Waals surface area contributed by atoms with Crippen LogP contribution in [0.3, 0.4) is 0 Å². The number of hydrogen-bond acceptors (Lipinski definition) is 7. The Morgan fingerprint density at radius 3 is 2.72 bits per heavy atom. The lowest BCUT2D eigenvalue weighted by Gasteiger charge is -2.29. The summed E-state index contributed by atoms with van der Waals surface area (Å²) in [5.41, 5.74) is 1.75. The average molecular weight is 413 g/mol. The Balaban J connectivity index is 1.25. The zero-order valence-corrected chi connectivity index (χ0v) is 17.2. The lowest BCUT2D eigenvalue weighted by atomic mass is 9.97. The molecule has 3 heterocycles. The van der Waals surface area contributed by atoms with E-state index in [1.54, 1.807) is 11.3 Å². The fourth-order valence-corrected chi connectivity index (χ4v) is 4.07. The fourth-order valence-electron chi connectivity index (χ4n) is 3.45. The highest BCUT2D eigenvalue weighted by atomic mass is 32.1. The molecule has 0 spiro atoms. The van der Waals surface area contributed by atoms with Crippen LogP contribution in [0.25, 0.3) is 11.5 Å². The van der Waals surface area contributed by atoms with Gasteiger partial charge < -0.3 is 14.5 Å². The second kappa shape index (κ2) is 9.19. The number of aromatic nitrogens is 2. The first-order valence-corrected chi connectivity index (χ1v) is 10.8. The molecule has 0 aliphatic carbocycles. The van der Waals surface area contributed by atoms with Crippen molar-refractivity contribution in [1.82, 2.24) is 15.1 Å². The summed E-state index contributed by atoms with van der Waals surface area (Å²) in [6.07, 6.45) is 1.81. The standard InChI is InChI=1S/C21H24N4O3S/c1-2-27-18-5-3-17(4-6-18)22-19(26)13-25-10-7-15(8-11-25)20-23-24-21(28-20)16-9-12-29-14-16/h3-6,9,12,14-15H,2,7-8,10-11,13H2,1H3,(H,22,26). The van der Waals surface area contributed by atoms with Crippen LogP contribution in [-0.4, -0.2) is 47.2 Å². The number of amides is 1. The van der Waals surface area contributed by atoms with Gasteiger partial charge in [0.05, 0.1) is 13.2 Å². The smallest absolute Gasteiger partial charge is 0.248 e. The highest BCUT2D eigenvalue weighted by Gasteiger charge is 2.26. The predicted molar refractivity (Wildman–Crippen MR) is 112 cm³/mol. The van der Waals surface area contributed by atoms with E-state index in [0.717, 1.165) is 42.9 Å². The summed E-state index contributed by atoms with van der Waals surface area (Å²) in [5.74, 6) is 2.32. The SMILES string of the molecule is CCOc1ccc(NC(=O)CN2CCC(c3nnc(-c4ccsc4)o3)CC2)cc1. The molecule has 7 nitrogen and oxygen atoms in total. The molecule has 0 unspecified atom stereocenters. The summed E-state index contributed by atoms with van der Waals surface area (Å²) in [7, 11) is 0. The number of thiophene rings is 1. The first-order chi connectivity index (χ1) is 14.2. The van der Waals surface area contributed by atoms with Crippen LogP contribution in [0.15, 0.2) is 45.5 Å². The molecular formula is C21H24N4O3S. The molecule has 8 heteroatoms. The van der Waals surface area contributed by atoms with Crippen molar-refractivity contribution in [1.29, 1.82) is 0 Å². The molecule has 0 bridgehead atoms. The molecule has 1 fully saturated rings. The van der Waals surface area contributed by atoms with Gasteiger partial charge in [0, 0.05) is 22.5 Å². The zero-order valence-electron chi connectivity index (χ0n) is 16.3. The Labute approximate surface area is 173 Å². The van der Waals surface area contributed by atoms with Crippen molar-refractivity contribution in [3.05, 3.63) is 47.0 Å². The lowest BCUT2D eigenvalue weighted by molar-refractivity contribution is -0.117. The first kappa shape index (κ1) is 19.6. The Bertz CT molecular complexity index is 916. The Kier molecular flexibility index (Phi) is 6.21. The molecule has 1 N–H and O–H groups in total. The molecule has 2 aromatic heterocycles. The molecule has 0 saturated carbocycles. The second-order valence-electron chi connectivity index (χ2n) is 7.01. The van der Waals surface area contributed by atoms with Gasteiger partial charge in [-0.25, -0.2) is 0 Å². The molecule has 152 valence electrons. The number of nitrogens with zero attached hydrogens (tertiary/aromatic N) is 3. The molecular weight excluding hydrogens is 388 g/mol. The predicted octanol–water partition coefficient (Wildman–Crippen LogP) is 4.01. The van der Waals surface area contributed by atoms with Crippen molar-refractivity contribution in [2.24, 2.45) is 0 Å². The number of piperidine rings is 1. The summed E-state index contributed by atoms with van der Waals surface area (Å²) in [5, 5.41) is 15.4. The molecule has 1 saturated heterocycles. The number of carbonyl (C=O) groups excluding carboxylic acids is 1. The van der Waals surface area contributed by atoms with Crippen molar-refractivity contribution in [3.8, 4) is 17.2 Å². The van der Waals surface area contributed by atoms with Crippen LogP contribution >= 0.6 is 11.3 Å². The maximum absolute atomic E-state index is 12.4. The van der Waals surface area contributed by atoms with Gasteiger partial charge in [-0.1, -0.05) is 0 Å². The van der Waals surface area contributed by atoms with E-state index in [9.17, 15) is 4.79 Å². The second-order valence-corrected chi connectivity index (χ2v) is 7.79. The zero-order chi connectivity index (χ0) is 20.1. The molecule has 0 atom stereocenters. The summed E-state index contributed by atoms with van der Waals surface area (Å²) >= 11 is 1.61. The van der Waals surface area contributed by atoms with E-state index < -0.39 is 0 Å². The number of hydrogen-bond donors (Lipinski definition) is 1. The van der Waals surface area contributed by atoms with Gasteiger partial charge in [-0.15, -0.1) is 10.2 Å². The number of ether oxygens (including phenoxy) is 1. The van der Waals surface area contributed by atoms with E-state index in [1.165, 1.54) is 0 Å². The molecule has 4 rings (SSSR count). The van der Waals surface area contributed by atoms with Crippen LogP contribution < -0.4 is 10.1 Å². The van der Waals surface area contributed by atoms with Gasteiger partial charge in [-0.2, -0.15) is 11.3 Å². The number of likely N-dealkylation sites (tertiary alicyclic amines) is 1. The minimum absolute atomic E-state index is 0.00913. The molecule has 29 heavy (non-hydrogen) atoms. The summed E-state index contributed by atoms with van der Waals surface area (Å²) in [6.45, 7) is 4.61. The van der Waals surface area contributed by atoms with Gasteiger partial charge in [0.25, 0.3) is 0 Å². The molecule has 1 aliphatic heterocycles. The highest BCUT2D eigenvalue weighted by molar-refractivity contribution is 7.08. The minimum atomic E-state index is -0.00913. The summed E-state index contributed by atoms with van der Waals surface area (Å²) < 4.78 is 11.3. The molecule has 0 radical (unpaired) electrons.